The van der Waals surface area contributed by atoms with Gasteiger partial charge in [-0.1, -0.05) is 60.7 Å². The molecule has 0 aliphatic heterocycles. The van der Waals surface area contributed by atoms with Gasteiger partial charge in [-0.3, -0.25) is 4.79 Å². The van der Waals surface area contributed by atoms with Crippen molar-refractivity contribution in [1.29, 1.82) is 0 Å². The van der Waals surface area contributed by atoms with Gasteiger partial charge in [0.25, 0.3) is 5.91 Å². The van der Waals surface area contributed by atoms with E-state index in [-0.39, 0.29) is 5.91 Å². The first-order valence-electron chi connectivity index (χ1n) is 11.7. The lowest BCUT2D eigenvalue weighted by atomic mass is 10.00. The Morgan fingerprint density at radius 1 is 0.853 bits per heavy atom. The molecule has 0 aromatic heterocycles. The molecule has 1 amide bonds. The number of esters is 1. The summed E-state index contributed by atoms with van der Waals surface area (Å²) >= 11 is 0. The van der Waals surface area contributed by atoms with Crippen molar-refractivity contribution in [1.82, 2.24) is 5.32 Å². The highest BCUT2D eigenvalue weighted by molar-refractivity contribution is 5.97. The first kappa shape index (κ1) is 25.0. The van der Waals surface area contributed by atoms with E-state index in [1.165, 1.54) is 5.56 Å². The van der Waals surface area contributed by atoms with Crippen LogP contribution in [0.25, 0.3) is 0 Å². The lowest BCUT2D eigenvalue weighted by Crippen LogP contribution is -2.44. The van der Waals surface area contributed by atoms with Crippen molar-refractivity contribution >= 4 is 17.6 Å². The number of benzene rings is 3. The van der Waals surface area contributed by atoms with Crippen LogP contribution in [0.2, 0.25) is 0 Å². The van der Waals surface area contributed by atoms with Gasteiger partial charge in [-0.05, 0) is 81.3 Å². The third kappa shape index (κ3) is 7.77. The maximum atomic E-state index is 13.1. The van der Waals surface area contributed by atoms with Crippen LogP contribution in [0.1, 0.15) is 54.2 Å². The van der Waals surface area contributed by atoms with Crippen LogP contribution >= 0.6 is 0 Å². The van der Waals surface area contributed by atoms with Crippen molar-refractivity contribution in [3.63, 3.8) is 0 Å². The minimum Gasteiger partial charge on any atom is -0.458 e. The zero-order chi connectivity index (χ0) is 24.6. The number of ether oxygens (including phenoxy) is 1. The number of amides is 1. The average molecular weight is 459 g/mol. The number of nitrogens with two attached hydrogens (primary N) is 1. The minimum atomic E-state index is -0.753. The van der Waals surface area contributed by atoms with Gasteiger partial charge >= 0.3 is 5.97 Å². The van der Waals surface area contributed by atoms with E-state index in [0.29, 0.717) is 24.1 Å². The van der Waals surface area contributed by atoms with E-state index < -0.39 is 17.6 Å². The van der Waals surface area contributed by atoms with E-state index in [4.69, 9.17) is 10.5 Å². The fraction of sp³-hybridized carbons (Fsp3) is 0.310. The first-order valence-corrected chi connectivity index (χ1v) is 11.7. The molecule has 3 aromatic carbocycles. The minimum absolute atomic E-state index is 0.315. The highest BCUT2D eigenvalue weighted by atomic mass is 16.6. The van der Waals surface area contributed by atoms with Gasteiger partial charge in [0.2, 0.25) is 0 Å². The van der Waals surface area contributed by atoms with Gasteiger partial charge in [-0.2, -0.15) is 0 Å². The number of hydrogen-bond acceptors (Lipinski definition) is 4. The predicted molar refractivity (Wildman–Crippen MR) is 137 cm³/mol. The molecule has 0 spiro atoms. The molecule has 0 saturated carbocycles. The topological polar surface area (TPSA) is 81.4 Å². The van der Waals surface area contributed by atoms with E-state index in [0.717, 1.165) is 24.0 Å². The number of rotatable bonds is 9. The van der Waals surface area contributed by atoms with Crippen LogP contribution < -0.4 is 11.1 Å². The Balaban J connectivity index is 1.72. The SMILES string of the molecule is CC(C)(C)OC(=O)[C@H](CCc1ccccc1)NC(=O)c1ccc(N)c(CCc2ccccc2)c1. The molecule has 0 unspecified atom stereocenters. The van der Waals surface area contributed by atoms with E-state index in [1.807, 2.05) is 75.4 Å². The number of carbonyl (C=O) groups excluding carboxylic acids is 2. The quantitative estimate of drug-likeness (QED) is 0.344. The van der Waals surface area contributed by atoms with E-state index >= 15 is 0 Å². The van der Waals surface area contributed by atoms with Crippen LogP contribution in [0.4, 0.5) is 5.69 Å². The van der Waals surface area contributed by atoms with Crippen molar-refractivity contribution < 1.29 is 14.3 Å². The molecule has 0 aliphatic carbocycles. The summed E-state index contributed by atoms with van der Waals surface area (Å²) in [6.07, 6.45) is 2.64. The summed E-state index contributed by atoms with van der Waals surface area (Å²) < 4.78 is 5.58. The summed E-state index contributed by atoms with van der Waals surface area (Å²) in [5.74, 6) is -0.749. The maximum absolute atomic E-state index is 13.1. The number of nitrogen functional groups attached to an aromatic ring is 1. The molecule has 0 fully saturated rings. The molecule has 3 rings (SSSR count). The number of hydrogen-bond donors (Lipinski definition) is 2. The van der Waals surface area contributed by atoms with Crippen LogP contribution in [-0.4, -0.2) is 23.5 Å². The maximum Gasteiger partial charge on any atom is 0.329 e. The Morgan fingerprint density at radius 2 is 1.44 bits per heavy atom. The molecular weight excluding hydrogens is 424 g/mol. The molecule has 34 heavy (non-hydrogen) atoms. The van der Waals surface area contributed by atoms with Gasteiger partial charge in [0, 0.05) is 11.3 Å². The van der Waals surface area contributed by atoms with Crippen molar-refractivity contribution in [2.45, 2.75) is 58.1 Å². The molecule has 1 atom stereocenters. The molecular formula is C29H34N2O3. The van der Waals surface area contributed by atoms with Gasteiger partial charge in [-0.25, -0.2) is 4.79 Å². The molecule has 5 nitrogen and oxygen atoms in total. The van der Waals surface area contributed by atoms with Gasteiger partial charge in [0.1, 0.15) is 11.6 Å². The second-order valence-corrected chi connectivity index (χ2v) is 9.48. The summed E-state index contributed by atoms with van der Waals surface area (Å²) in [5, 5.41) is 2.89. The van der Waals surface area contributed by atoms with Crippen molar-refractivity contribution in [2.75, 3.05) is 5.73 Å². The standard InChI is InChI=1S/C29H34N2O3/c1-29(2,3)34-28(33)26(19-15-22-12-8-5-9-13-22)31-27(32)24-17-18-25(30)23(20-24)16-14-21-10-6-4-7-11-21/h4-13,17-18,20,26H,14-16,19,30H2,1-3H3,(H,31,32)/t26-/m0/s1. The van der Waals surface area contributed by atoms with E-state index in [2.05, 4.69) is 17.4 Å². The largest absolute Gasteiger partial charge is 0.458 e. The molecule has 0 saturated heterocycles. The number of carbonyl (C=O) groups is 2. The van der Waals surface area contributed by atoms with Crippen LogP contribution in [0.3, 0.4) is 0 Å². The van der Waals surface area contributed by atoms with E-state index in [9.17, 15) is 9.59 Å². The van der Waals surface area contributed by atoms with Crippen molar-refractivity contribution in [2.24, 2.45) is 0 Å². The smallest absolute Gasteiger partial charge is 0.329 e. The average Bonchev–Trinajstić information content (AvgIpc) is 2.81. The zero-order valence-corrected chi connectivity index (χ0v) is 20.2. The number of aryl methyl sites for hydroxylation is 3. The predicted octanol–water partition coefficient (Wildman–Crippen LogP) is 5.13. The number of anilines is 1. The van der Waals surface area contributed by atoms with Crippen LogP contribution in [0, 0.1) is 0 Å². The molecule has 3 aromatic rings. The van der Waals surface area contributed by atoms with Gasteiger partial charge in [0.15, 0.2) is 0 Å². The van der Waals surface area contributed by atoms with Crippen LogP contribution in [-0.2, 0) is 28.8 Å². The van der Waals surface area contributed by atoms with Crippen LogP contribution in [0.5, 0.6) is 0 Å². The summed E-state index contributed by atoms with van der Waals surface area (Å²) in [6.45, 7) is 5.46. The fourth-order valence-electron chi connectivity index (χ4n) is 3.71. The van der Waals surface area contributed by atoms with Gasteiger partial charge < -0.3 is 15.8 Å². The summed E-state index contributed by atoms with van der Waals surface area (Å²) in [7, 11) is 0. The molecule has 0 heterocycles. The summed E-state index contributed by atoms with van der Waals surface area (Å²) in [5.41, 5.74) is 9.89. The normalized spacial score (nSPS) is 12.1. The summed E-state index contributed by atoms with van der Waals surface area (Å²) in [6, 6.07) is 24.5. The second kappa shape index (κ2) is 11.5. The Bertz CT molecular complexity index is 1090. The zero-order valence-electron chi connectivity index (χ0n) is 20.2. The molecule has 178 valence electrons. The van der Waals surface area contributed by atoms with E-state index in [1.54, 1.807) is 12.1 Å². The molecule has 0 aliphatic rings. The lowest BCUT2D eigenvalue weighted by Gasteiger charge is -2.25. The highest BCUT2D eigenvalue weighted by Crippen LogP contribution is 2.18. The molecule has 5 heteroatoms. The Morgan fingerprint density at radius 3 is 2.03 bits per heavy atom. The third-order valence-electron chi connectivity index (χ3n) is 5.49. The Hall–Kier alpha value is -3.60. The first-order chi connectivity index (χ1) is 16.2. The van der Waals surface area contributed by atoms with Gasteiger partial charge in [-0.15, -0.1) is 0 Å². The van der Waals surface area contributed by atoms with Crippen molar-refractivity contribution in [3.05, 3.63) is 101 Å². The fourth-order valence-corrected chi connectivity index (χ4v) is 3.71. The lowest BCUT2D eigenvalue weighted by molar-refractivity contribution is -0.157. The Kier molecular flexibility index (Phi) is 8.47. The Labute approximate surface area is 202 Å². The van der Waals surface area contributed by atoms with Crippen molar-refractivity contribution in [3.8, 4) is 0 Å². The monoisotopic (exact) mass is 458 g/mol. The third-order valence-corrected chi connectivity index (χ3v) is 5.49. The molecule has 3 N–H and O–H groups in total. The second-order valence-electron chi connectivity index (χ2n) is 9.48. The molecule has 0 bridgehead atoms. The highest BCUT2D eigenvalue weighted by Gasteiger charge is 2.27. The molecule has 0 radical (unpaired) electrons. The van der Waals surface area contributed by atoms with Crippen LogP contribution in [0.15, 0.2) is 78.9 Å². The summed E-state index contributed by atoms with van der Waals surface area (Å²) in [4.78, 5) is 26.0. The number of nitrogens with one attached hydrogen (secondary N) is 1. The van der Waals surface area contributed by atoms with Gasteiger partial charge in [0.05, 0.1) is 0 Å².